The first-order chi connectivity index (χ1) is 11.1. The first-order valence-corrected chi connectivity index (χ1v) is 8.86. The molecule has 4 aliphatic rings. The number of fused-ring (bicyclic) bond motifs is 1. The van der Waals surface area contributed by atoms with Crippen molar-refractivity contribution in [3.63, 3.8) is 0 Å². The molecule has 4 saturated carbocycles. The van der Waals surface area contributed by atoms with Crippen LogP contribution in [0, 0.1) is 33.3 Å². The van der Waals surface area contributed by atoms with Crippen LogP contribution in [0.25, 0.3) is 0 Å². The van der Waals surface area contributed by atoms with Crippen molar-refractivity contribution >= 4 is 11.9 Å². The molecule has 4 atom stereocenters. The second-order valence-corrected chi connectivity index (χ2v) is 8.07. The normalized spacial score (nSPS) is 35.6. The molecule has 4 heteroatoms. The summed E-state index contributed by atoms with van der Waals surface area (Å²) in [6, 6.07) is 6.67. The third kappa shape index (κ3) is 3.04. The fourth-order valence-electron chi connectivity index (χ4n) is 5.53. The van der Waals surface area contributed by atoms with Crippen molar-refractivity contribution < 1.29 is 4.92 Å². The van der Waals surface area contributed by atoms with Crippen LogP contribution in [0.3, 0.4) is 0 Å². The number of hydrogen-bond acceptors (Lipinski definition) is 3. The van der Waals surface area contributed by atoms with Crippen LogP contribution in [-0.4, -0.2) is 17.7 Å². The second kappa shape index (κ2) is 5.73. The van der Waals surface area contributed by atoms with E-state index in [2.05, 4.69) is 0 Å². The van der Waals surface area contributed by atoms with Gasteiger partial charge in [-0.05, 0) is 85.8 Å². The summed E-state index contributed by atoms with van der Waals surface area (Å²) < 4.78 is 0. The topological polar surface area (TPSA) is 55.5 Å². The molecule has 1 aromatic carbocycles. The Balaban J connectivity index is 1.44. The molecule has 2 unspecified atom stereocenters. The predicted molar refractivity (Wildman–Crippen MR) is 90.8 cm³/mol. The van der Waals surface area contributed by atoms with Gasteiger partial charge in [0.15, 0.2) is 0 Å². The van der Waals surface area contributed by atoms with Crippen molar-refractivity contribution in [2.24, 2.45) is 28.2 Å². The number of rotatable bonds is 4. The molecule has 0 saturated heterocycles. The van der Waals surface area contributed by atoms with E-state index in [1.807, 2.05) is 6.21 Å². The smallest absolute Gasteiger partial charge is 0.269 e. The lowest BCUT2D eigenvalue weighted by molar-refractivity contribution is -0.384. The lowest BCUT2D eigenvalue weighted by Crippen LogP contribution is -2.36. The highest BCUT2D eigenvalue weighted by Gasteiger charge is 2.47. The standard InChI is InChI=1S/C19H24N2O2/c22-21(23)18-3-1-14(2-4-18)12-20-13-19-6-5-15-7-16(10-19)9-17(8-15)11-19/h1-4,12,15-17H,5-11,13H2/t15?,16-,17+,19?. The summed E-state index contributed by atoms with van der Waals surface area (Å²) in [6.07, 6.45) is 11.8. The predicted octanol–water partition coefficient (Wildman–Crippen LogP) is 4.62. The molecule has 4 fully saturated rings. The molecule has 0 heterocycles. The number of benzene rings is 1. The third-order valence-corrected chi connectivity index (χ3v) is 6.30. The van der Waals surface area contributed by atoms with Crippen molar-refractivity contribution in [2.45, 2.75) is 44.9 Å². The first-order valence-electron chi connectivity index (χ1n) is 8.86. The van der Waals surface area contributed by atoms with Gasteiger partial charge in [0.05, 0.1) is 4.92 Å². The molecule has 4 bridgehead atoms. The van der Waals surface area contributed by atoms with Gasteiger partial charge in [-0.2, -0.15) is 0 Å². The van der Waals surface area contributed by atoms with Crippen LogP contribution in [0.5, 0.6) is 0 Å². The van der Waals surface area contributed by atoms with E-state index in [9.17, 15) is 10.1 Å². The maximum Gasteiger partial charge on any atom is 0.269 e. The van der Waals surface area contributed by atoms with Crippen LogP contribution in [0.2, 0.25) is 0 Å². The molecule has 0 aliphatic heterocycles. The van der Waals surface area contributed by atoms with Gasteiger partial charge in [-0.25, -0.2) is 0 Å². The zero-order valence-corrected chi connectivity index (χ0v) is 13.5. The maximum atomic E-state index is 10.7. The van der Waals surface area contributed by atoms with E-state index in [4.69, 9.17) is 4.99 Å². The van der Waals surface area contributed by atoms with E-state index in [1.54, 1.807) is 24.3 Å². The van der Waals surface area contributed by atoms with Crippen LogP contribution >= 0.6 is 0 Å². The summed E-state index contributed by atoms with van der Waals surface area (Å²) in [7, 11) is 0. The Morgan fingerprint density at radius 3 is 2.43 bits per heavy atom. The lowest BCUT2D eigenvalue weighted by atomic mass is 9.61. The molecular formula is C19H24N2O2. The molecule has 0 amide bonds. The third-order valence-electron chi connectivity index (χ3n) is 6.30. The Hall–Kier alpha value is -1.71. The van der Waals surface area contributed by atoms with Crippen LogP contribution in [0.4, 0.5) is 5.69 Å². The molecule has 0 spiro atoms. The van der Waals surface area contributed by atoms with Gasteiger partial charge in [0.2, 0.25) is 0 Å². The maximum absolute atomic E-state index is 10.7. The molecule has 0 N–H and O–H groups in total. The van der Waals surface area contributed by atoms with Crippen molar-refractivity contribution in [3.8, 4) is 0 Å². The number of nitro benzene ring substituents is 1. The molecule has 23 heavy (non-hydrogen) atoms. The molecule has 122 valence electrons. The van der Waals surface area contributed by atoms with Crippen LogP contribution in [0.15, 0.2) is 29.3 Å². The average molecular weight is 312 g/mol. The van der Waals surface area contributed by atoms with Gasteiger partial charge in [-0.1, -0.05) is 0 Å². The molecule has 0 radical (unpaired) electrons. The summed E-state index contributed by atoms with van der Waals surface area (Å²) in [4.78, 5) is 15.1. The quantitative estimate of drug-likeness (QED) is 0.463. The number of nitrogens with zero attached hydrogens (tertiary/aromatic N) is 2. The summed E-state index contributed by atoms with van der Waals surface area (Å²) in [6.45, 7) is 0.934. The highest BCUT2D eigenvalue weighted by Crippen LogP contribution is 2.57. The Morgan fingerprint density at radius 1 is 1.13 bits per heavy atom. The van der Waals surface area contributed by atoms with Gasteiger partial charge >= 0.3 is 0 Å². The first kappa shape index (κ1) is 14.9. The Kier molecular flexibility index (Phi) is 3.70. The fourth-order valence-corrected chi connectivity index (χ4v) is 5.53. The van der Waals surface area contributed by atoms with E-state index >= 15 is 0 Å². The summed E-state index contributed by atoms with van der Waals surface area (Å²) in [5, 5.41) is 10.7. The van der Waals surface area contributed by atoms with Crippen molar-refractivity contribution in [1.29, 1.82) is 0 Å². The van der Waals surface area contributed by atoms with E-state index in [-0.39, 0.29) is 10.6 Å². The van der Waals surface area contributed by atoms with Crippen LogP contribution < -0.4 is 0 Å². The monoisotopic (exact) mass is 312 g/mol. The molecule has 1 aromatic rings. The molecule has 4 nitrogen and oxygen atoms in total. The van der Waals surface area contributed by atoms with Gasteiger partial charge in [0.25, 0.3) is 5.69 Å². The lowest BCUT2D eigenvalue weighted by Gasteiger charge is -2.44. The minimum atomic E-state index is -0.361. The average Bonchev–Trinajstić information content (AvgIpc) is 2.72. The summed E-state index contributed by atoms with van der Waals surface area (Å²) in [5.74, 6) is 2.89. The van der Waals surface area contributed by atoms with Gasteiger partial charge < -0.3 is 0 Å². The highest BCUT2D eigenvalue weighted by molar-refractivity contribution is 5.79. The minimum Gasteiger partial charge on any atom is -0.292 e. The summed E-state index contributed by atoms with van der Waals surface area (Å²) in [5.41, 5.74) is 1.53. The highest BCUT2D eigenvalue weighted by atomic mass is 16.6. The Bertz CT molecular complexity index is 609. The van der Waals surface area contributed by atoms with Crippen LogP contribution in [0.1, 0.15) is 50.5 Å². The molecule has 4 aliphatic carbocycles. The van der Waals surface area contributed by atoms with Crippen LogP contribution in [-0.2, 0) is 0 Å². The van der Waals surface area contributed by atoms with E-state index in [0.29, 0.717) is 5.41 Å². The van der Waals surface area contributed by atoms with Gasteiger partial charge in [-0.15, -0.1) is 0 Å². The van der Waals surface area contributed by atoms with Crippen molar-refractivity contribution in [3.05, 3.63) is 39.9 Å². The van der Waals surface area contributed by atoms with Crippen molar-refractivity contribution in [2.75, 3.05) is 6.54 Å². The van der Waals surface area contributed by atoms with E-state index < -0.39 is 0 Å². The summed E-state index contributed by atoms with van der Waals surface area (Å²) >= 11 is 0. The van der Waals surface area contributed by atoms with Gasteiger partial charge in [0, 0.05) is 24.9 Å². The minimum absolute atomic E-state index is 0.138. The zero-order chi connectivity index (χ0) is 15.9. The number of nitro groups is 1. The fraction of sp³-hybridized carbons (Fsp3) is 0.632. The second-order valence-electron chi connectivity index (χ2n) is 8.07. The zero-order valence-electron chi connectivity index (χ0n) is 13.5. The van der Waals surface area contributed by atoms with Gasteiger partial charge in [0.1, 0.15) is 0 Å². The molecule has 5 rings (SSSR count). The van der Waals surface area contributed by atoms with Crippen molar-refractivity contribution in [1.82, 2.24) is 0 Å². The van der Waals surface area contributed by atoms with E-state index in [1.165, 1.54) is 44.9 Å². The number of aliphatic imine (C=N–C) groups is 1. The Labute approximate surface area is 137 Å². The SMILES string of the molecule is O=[N+]([O-])c1ccc(C=NCC23CCC4C[C@H](C[C@H](C4)C2)C3)cc1. The Morgan fingerprint density at radius 2 is 1.78 bits per heavy atom. The number of hydrogen-bond donors (Lipinski definition) is 0. The van der Waals surface area contributed by atoms with Gasteiger partial charge in [-0.3, -0.25) is 15.1 Å². The molecule has 0 aromatic heterocycles. The molecular weight excluding hydrogens is 288 g/mol. The number of non-ortho nitro benzene ring substituents is 1. The largest absolute Gasteiger partial charge is 0.292 e. The van der Waals surface area contributed by atoms with E-state index in [0.717, 1.165) is 29.9 Å².